The highest BCUT2D eigenvalue weighted by atomic mass is 16.5. The zero-order valence-electron chi connectivity index (χ0n) is 8.56. The summed E-state index contributed by atoms with van der Waals surface area (Å²) < 4.78 is 4.92. The number of benzene rings is 1. The third-order valence-corrected chi connectivity index (χ3v) is 2.11. The van der Waals surface area contributed by atoms with Gasteiger partial charge in [-0.3, -0.25) is 5.41 Å². The molecule has 0 heterocycles. The third-order valence-electron chi connectivity index (χ3n) is 2.11. The van der Waals surface area contributed by atoms with Crippen molar-refractivity contribution in [3.05, 3.63) is 34.4 Å². The van der Waals surface area contributed by atoms with Gasteiger partial charge in [0.25, 0.3) is 0 Å². The van der Waals surface area contributed by atoms with E-state index in [4.69, 9.17) is 10.1 Å². The quantitative estimate of drug-likeness (QED) is 0.519. The molecule has 2 heteroatoms. The van der Waals surface area contributed by atoms with Crippen molar-refractivity contribution in [1.29, 1.82) is 5.41 Å². The molecule has 1 N–H and O–H groups in total. The molecule has 0 unspecified atom stereocenters. The lowest BCUT2D eigenvalue weighted by Crippen LogP contribution is -2.06. The average molecular weight is 177 g/mol. The van der Waals surface area contributed by atoms with Crippen molar-refractivity contribution >= 4 is 5.90 Å². The Labute approximate surface area is 79.1 Å². The van der Waals surface area contributed by atoms with Crippen LogP contribution in [0.5, 0.6) is 0 Å². The SMILES string of the molecule is COC(=N)c1c(C)cc(C)cc1C. The largest absolute Gasteiger partial charge is 0.481 e. The summed E-state index contributed by atoms with van der Waals surface area (Å²) in [7, 11) is 1.53. The van der Waals surface area contributed by atoms with Crippen molar-refractivity contribution in [2.45, 2.75) is 20.8 Å². The lowest BCUT2D eigenvalue weighted by atomic mass is 10.00. The van der Waals surface area contributed by atoms with E-state index in [9.17, 15) is 0 Å². The Balaban J connectivity index is 3.28. The van der Waals surface area contributed by atoms with Crippen LogP contribution >= 0.6 is 0 Å². The Morgan fingerprint density at radius 2 is 1.62 bits per heavy atom. The van der Waals surface area contributed by atoms with E-state index in [1.54, 1.807) is 0 Å². The second-order valence-corrected chi connectivity index (χ2v) is 3.31. The molecule has 13 heavy (non-hydrogen) atoms. The molecular formula is C11H15NO. The van der Waals surface area contributed by atoms with Gasteiger partial charge in [0.05, 0.1) is 7.11 Å². The van der Waals surface area contributed by atoms with Crippen molar-refractivity contribution in [3.63, 3.8) is 0 Å². The molecule has 0 saturated heterocycles. The minimum Gasteiger partial charge on any atom is -0.481 e. The first-order valence-corrected chi connectivity index (χ1v) is 4.27. The number of aryl methyl sites for hydroxylation is 3. The molecule has 1 rings (SSSR count). The van der Waals surface area contributed by atoms with Gasteiger partial charge in [0.2, 0.25) is 5.90 Å². The van der Waals surface area contributed by atoms with E-state index in [1.807, 2.05) is 13.8 Å². The zero-order chi connectivity index (χ0) is 10.0. The molecule has 0 aliphatic heterocycles. The van der Waals surface area contributed by atoms with Gasteiger partial charge >= 0.3 is 0 Å². The van der Waals surface area contributed by atoms with Crippen LogP contribution in [-0.4, -0.2) is 13.0 Å². The van der Waals surface area contributed by atoms with Crippen LogP contribution in [0.25, 0.3) is 0 Å². The Morgan fingerprint density at radius 1 is 1.15 bits per heavy atom. The molecule has 70 valence electrons. The zero-order valence-corrected chi connectivity index (χ0v) is 8.56. The molecule has 1 aromatic carbocycles. The van der Waals surface area contributed by atoms with Crippen molar-refractivity contribution in [2.75, 3.05) is 7.11 Å². The van der Waals surface area contributed by atoms with E-state index in [1.165, 1.54) is 12.7 Å². The summed E-state index contributed by atoms with van der Waals surface area (Å²) in [4.78, 5) is 0. The Kier molecular flexibility index (Phi) is 2.71. The van der Waals surface area contributed by atoms with Gasteiger partial charge in [0.15, 0.2) is 0 Å². The molecule has 0 aliphatic rings. The Bertz CT molecular complexity index is 319. The lowest BCUT2D eigenvalue weighted by molar-refractivity contribution is 0.400. The average Bonchev–Trinajstić information content (AvgIpc) is 2.02. The van der Waals surface area contributed by atoms with Crippen LogP contribution in [0.1, 0.15) is 22.3 Å². The second kappa shape index (κ2) is 3.60. The maximum Gasteiger partial charge on any atom is 0.213 e. The summed E-state index contributed by atoms with van der Waals surface area (Å²) in [5.41, 5.74) is 4.34. The van der Waals surface area contributed by atoms with Gasteiger partial charge in [-0.15, -0.1) is 0 Å². The minimum atomic E-state index is 0.245. The van der Waals surface area contributed by atoms with Crippen LogP contribution in [-0.2, 0) is 4.74 Å². The Morgan fingerprint density at radius 3 is 2.00 bits per heavy atom. The van der Waals surface area contributed by atoms with Gasteiger partial charge in [0.1, 0.15) is 0 Å². The fourth-order valence-corrected chi connectivity index (χ4v) is 1.64. The van der Waals surface area contributed by atoms with Gasteiger partial charge in [-0.05, 0) is 31.9 Å². The van der Waals surface area contributed by atoms with Crippen molar-refractivity contribution < 1.29 is 4.74 Å². The molecule has 0 atom stereocenters. The number of ether oxygens (including phenoxy) is 1. The van der Waals surface area contributed by atoms with E-state index >= 15 is 0 Å². The van der Waals surface area contributed by atoms with Gasteiger partial charge < -0.3 is 4.74 Å². The summed E-state index contributed by atoms with van der Waals surface area (Å²) in [6.45, 7) is 6.06. The number of methoxy groups -OCH3 is 1. The smallest absolute Gasteiger partial charge is 0.213 e. The predicted octanol–water partition coefficient (Wildman–Crippen LogP) is 2.58. The molecule has 0 fully saturated rings. The summed E-state index contributed by atoms with van der Waals surface area (Å²) in [6.07, 6.45) is 0. The first kappa shape index (κ1) is 9.78. The number of hydrogen-bond donors (Lipinski definition) is 1. The topological polar surface area (TPSA) is 33.1 Å². The molecular weight excluding hydrogens is 162 g/mol. The number of hydrogen-bond acceptors (Lipinski definition) is 2. The maximum atomic E-state index is 7.61. The van der Waals surface area contributed by atoms with Gasteiger partial charge in [-0.1, -0.05) is 17.7 Å². The summed E-state index contributed by atoms with van der Waals surface area (Å²) in [5.74, 6) is 0.245. The fourth-order valence-electron chi connectivity index (χ4n) is 1.64. The van der Waals surface area contributed by atoms with E-state index in [0.717, 1.165) is 16.7 Å². The summed E-state index contributed by atoms with van der Waals surface area (Å²) in [6, 6.07) is 4.13. The number of nitrogens with one attached hydrogen (secondary N) is 1. The molecule has 0 spiro atoms. The molecule has 0 amide bonds. The summed E-state index contributed by atoms with van der Waals surface area (Å²) in [5, 5.41) is 7.61. The van der Waals surface area contributed by atoms with Crippen LogP contribution < -0.4 is 0 Å². The van der Waals surface area contributed by atoms with Gasteiger partial charge in [0, 0.05) is 5.56 Å². The highest BCUT2D eigenvalue weighted by Gasteiger charge is 2.08. The highest BCUT2D eigenvalue weighted by Crippen LogP contribution is 2.16. The third kappa shape index (κ3) is 1.89. The molecule has 0 aromatic heterocycles. The van der Waals surface area contributed by atoms with Crippen molar-refractivity contribution in [3.8, 4) is 0 Å². The normalized spacial score (nSPS) is 9.85. The van der Waals surface area contributed by atoms with Crippen LogP contribution in [0.2, 0.25) is 0 Å². The van der Waals surface area contributed by atoms with Gasteiger partial charge in [-0.2, -0.15) is 0 Å². The highest BCUT2D eigenvalue weighted by molar-refractivity contribution is 5.94. The molecule has 0 radical (unpaired) electrons. The van der Waals surface area contributed by atoms with E-state index in [2.05, 4.69) is 19.1 Å². The van der Waals surface area contributed by atoms with Crippen LogP contribution in [0.4, 0.5) is 0 Å². The molecule has 0 bridgehead atoms. The van der Waals surface area contributed by atoms with E-state index in [0.29, 0.717) is 0 Å². The van der Waals surface area contributed by atoms with Crippen LogP contribution in [0.15, 0.2) is 12.1 Å². The van der Waals surface area contributed by atoms with E-state index in [-0.39, 0.29) is 5.90 Å². The van der Waals surface area contributed by atoms with Crippen LogP contribution in [0.3, 0.4) is 0 Å². The van der Waals surface area contributed by atoms with E-state index < -0.39 is 0 Å². The standard InChI is InChI=1S/C11H15NO/c1-7-5-8(2)10(9(3)6-7)11(12)13-4/h5-6,12H,1-4H3. The van der Waals surface area contributed by atoms with Crippen molar-refractivity contribution in [1.82, 2.24) is 0 Å². The molecule has 2 nitrogen and oxygen atoms in total. The van der Waals surface area contributed by atoms with Crippen molar-refractivity contribution in [2.24, 2.45) is 0 Å². The monoisotopic (exact) mass is 177 g/mol. The lowest BCUT2D eigenvalue weighted by Gasteiger charge is -2.10. The molecule has 0 saturated carbocycles. The molecule has 0 aliphatic carbocycles. The Hall–Kier alpha value is -1.31. The second-order valence-electron chi connectivity index (χ2n) is 3.31. The minimum absolute atomic E-state index is 0.245. The van der Waals surface area contributed by atoms with Gasteiger partial charge in [-0.25, -0.2) is 0 Å². The molecule has 1 aromatic rings. The predicted molar refractivity (Wildman–Crippen MR) is 54.5 cm³/mol. The fraction of sp³-hybridized carbons (Fsp3) is 0.364. The first-order valence-electron chi connectivity index (χ1n) is 4.27. The number of rotatable bonds is 1. The maximum absolute atomic E-state index is 7.61. The summed E-state index contributed by atoms with van der Waals surface area (Å²) >= 11 is 0. The van der Waals surface area contributed by atoms with Crippen LogP contribution in [0, 0.1) is 26.2 Å². The first-order chi connectivity index (χ1) is 6.06.